The van der Waals surface area contributed by atoms with Crippen molar-refractivity contribution in [3.63, 3.8) is 0 Å². The number of rotatable bonds is 10. The van der Waals surface area contributed by atoms with Gasteiger partial charge in [0.05, 0.1) is 16.4 Å². The summed E-state index contributed by atoms with van der Waals surface area (Å²) in [6, 6.07) is 3.78. The Morgan fingerprint density at radius 1 is 1.23 bits per heavy atom. The summed E-state index contributed by atoms with van der Waals surface area (Å²) in [6.45, 7) is 3.49. The molecule has 9 nitrogen and oxygen atoms in total. The van der Waals surface area contributed by atoms with E-state index in [-0.39, 0.29) is 18.1 Å². The van der Waals surface area contributed by atoms with Gasteiger partial charge in [-0.15, -0.1) is 11.3 Å². The van der Waals surface area contributed by atoms with Crippen molar-refractivity contribution < 1.29 is 14.3 Å². The van der Waals surface area contributed by atoms with E-state index in [1.807, 2.05) is 33.2 Å². The van der Waals surface area contributed by atoms with Crippen LogP contribution in [0.5, 0.6) is 5.88 Å². The molecule has 1 aliphatic rings. The Labute approximate surface area is 210 Å². The van der Waals surface area contributed by atoms with Gasteiger partial charge in [0.15, 0.2) is 0 Å². The number of hydrogen-bond acceptors (Lipinski definition) is 9. The lowest BCUT2D eigenvalue weighted by Crippen LogP contribution is -2.29. The van der Waals surface area contributed by atoms with E-state index in [0.717, 1.165) is 60.1 Å². The molecule has 0 aliphatic heterocycles. The fourth-order valence-corrected chi connectivity index (χ4v) is 5.41. The highest BCUT2D eigenvalue weighted by Crippen LogP contribution is 2.36. The molecule has 0 radical (unpaired) electrons. The summed E-state index contributed by atoms with van der Waals surface area (Å²) in [6.07, 6.45) is 8.36. The van der Waals surface area contributed by atoms with Crippen molar-refractivity contribution in [2.24, 2.45) is 0 Å². The van der Waals surface area contributed by atoms with Gasteiger partial charge in [-0.05, 0) is 70.9 Å². The second kappa shape index (κ2) is 11.7. The maximum atomic E-state index is 12.9. The lowest BCUT2D eigenvalue weighted by molar-refractivity contribution is 0.0198. The quantitative estimate of drug-likeness (QED) is 0.402. The maximum Gasteiger partial charge on any atom is 0.261 e. The van der Waals surface area contributed by atoms with Crippen LogP contribution in [0.15, 0.2) is 24.7 Å². The summed E-state index contributed by atoms with van der Waals surface area (Å²) >= 11 is 1.38. The van der Waals surface area contributed by atoms with Crippen LogP contribution in [0.2, 0.25) is 0 Å². The first-order chi connectivity index (χ1) is 17.0. The maximum absolute atomic E-state index is 12.9. The lowest BCUT2D eigenvalue weighted by Gasteiger charge is -2.28. The van der Waals surface area contributed by atoms with Crippen LogP contribution in [0.1, 0.15) is 47.3 Å². The van der Waals surface area contributed by atoms with E-state index in [1.165, 1.54) is 17.7 Å². The third kappa shape index (κ3) is 6.25. The van der Waals surface area contributed by atoms with Crippen LogP contribution >= 0.6 is 11.3 Å². The molecule has 1 saturated carbocycles. The summed E-state index contributed by atoms with van der Waals surface area (Å²) in [4.78, 5) is 29.8. The topological polar surface area (TPSA) is 101 Å². The summed E-state index contributed by atoms with van der Waals surface area (Å²) in [5.74, 6) is 1.09. The number of anilines is 2. The lowest BCUT2D eigenvalue weighted by atomic mass is 9.95. The van der Waals surface area contributed by atoms with Crippen molar-refractivity contribution in [2.75, 3.05) is 39.6 Å². The number of carbonyl (C=O) groups is 1. The second-order valence-electron chi connectivity index (χ2n) is 9.12. The summed E-state index contributed by atoms with van der Waals surface area (Å²) in [5.41, 5.74) is 1.59. The largest absolute Gasteiger partial charge is 0.473 e. The van der Waals surface area contributed by atoms with Crippen LogP contribution in [-0.4, -0.2) is 72.3 Å². The molecule has 188 valence electrons. The number of aromatic nitrogens is 3. The monoisotopic (exact) mass is 498 g/mol. The van der Waals surface area contributed by atoms with Gasteiger partial charge in [-0.1, -0.05) is 0 Å². The molecular formula is C25H34N6O3S. The Morgan fingerprint density at radius 2 is 2.06 bits per heavy atom. The molecule has 0 aromatic carbocycles. The highest BCUT2D eigenvalue weighted by Gasteiger charge is 2.25. The van der Waals surface area contributed by atoms with Crippen molar-refractivity contribution in [1.82, 2.24) is 25.2 Å². The zero-order chi connectivity index (χ0) is 24.8. The first-order valence-corrected chi connectivity index (χ1v) is 12.9. The number of methoxy groups -OCH3 is 1. The molecule has 3 aromatic rings. The molecule has 35 heavy (non-hydrogen) atoms. The van der Waals surface area contributed by atoms with Crippen LogP contribution in [0.25, 0.3) is 10.2 Å². The van der Waals surface area contributed by atoms with E-state index >= 15 is 0 Å². The van der Waals surface area contributed by atoms with Gasteiger partial charge < -0.3 is 25.0 Å². The Kier molecular flexibility index (Phi) is 8.48. The van der Waals surface area contributed by atoms with Gasteiger partial charge in [-0.25, -0.2) is 15.0 Å². The van der Waals surface area contributed by atoms with Crippen molar-refractivity contribution in [3.8, 4) is 5.88 Å². The summed E-state index contributed by atoms with van der Waals surface area (Å²) in [7, 11) is 5.80. The van der Waals surface area contributed by atoms with Crippen LogP contribution in [0.3, 0.4) is 0 Å². The van der Waals surface area contributed by atoms with Gasteiger partial charge in [0.1, 0.15) is 28.8 Å². The average Bonchev–Trinajstić information content (AvgIpc) is 3.20. The predicted octanol–water partition coefficient (Wildman–Crippen LogP) is 4.16. The van der Waals surface area contributed by atoms with E-state index in [1.54, 1.807) is 13.3 Å². The van der Waals surface area contributed by atoms with Crippen LogP contribution in [-0.2, 0) is 4.74 Å². The number of amides is 1. The molecule has 1 aliphatic carbocycles. The van der Waals surface area contributed by atoms with E-state index in [4.69, 9.17) is 9.47 Å². The van der Waals surface area contributed by atoms with E-state index in [2.05, 4.69) is 30.5 Å². The fraction of sp³-hybridized carbons (Fsp3) is 0.520. The third-order valence-electron chi connectivity index (χ3n) is 6.21. The second-order valence-corrected chi connectivity index (χ2v) is 10.1. The molecule has 3 heterocycles. The number of thiophene rings is 1. The number of ether oxygens (including phenoxy) is 2. The Bertz CT molecular complexity index is 1150. The van der Waals surface area contributed by atoms with Crippen molar-refractivity contribution in [2.45, 2.75) is 51.2 Å². The predicted molar refractivity (Wildman–Crippen MR) is 139 cm³/mol. The molecule has 4 rings (SSSR count). The third-order valence-corrected chi connectivity index (χ3v) is 7.41. The zero-order valence-electron chi connectivity index (χ0n) is 20.8. The molecule has 2 N–H and O–H groups in total. The van der Waals surface area contributed by atoms with Crippen LogP contribution in [0.4, 0.5) is 11.5 Å². The number of nitrogens with zero attached hydrogens (tertiary/aromatic N) is 4. The molecule has 0 unspecified atom stereocenters. The molecule has 1 fully saturated rings. The minimum atomic E-state index is -0.0781. The number of pyridine rings is 1. The molecule has 0 bridgehead atoms. The molecule has 0 saturated heterocycles. The standard InChI is InChI=1S/C25H34N6O3S/c1-16-20-22(28-15-29-25(20)35-21(16)23(32)26-12-7-13-31(2)3)30-19-10-6-11-27-24(19)34-18-9-5-8-17(14-18)33-4/h6,10-11,15,17-18H,5,7-9,12-14H2,1-4H3,(H,26,32)(H,28,29,30)/t17-,18+/m0/s1. The number of carbonyl (C=O) groups excluding carboxylic acids is 1. The minimum Gasteiger partial charge on any atom is -0.473 e. The first kappa shape index (κ1) is 25.3. The summed E-state index contributed by atoms with van der Waals surface area (Å²) < 4.78 is 11.8. The van der Waals surface area contributed by atoms with Crippen LogP contribution in [0, 0.1) is 6.92 Å². The van der Waals surface area contributed by atoms with Gasteiger partial charge in [0.25, 0.3) is 5.91 Å². The number of fused-ring (bicyclic) bond motifs is 1. The number of nitrogens with one attached hydrogen (secondary N) is 2. The molecule has 1 amide bonds. The van der Waals surface area contributed by atoms with Crippen molar-refractivity contribution in [1.29, 1.82) is 0 Å². The highest BCUT2D eigenvalue weighted by molar-refractivity contribution is 7.20. The Balaban J connectivity index is 1.53. The van der Waals surface area contributed by atoms with Crippen molar-refractivity contribution in [3.05, 3.63) is 35.1 Å². The zero-order valence-corrected chi connectivity index (χ0v) is 21.7. The summed E-state index contributed by atoms with van der Waals surface area (Å²) in [5, 5.41) is 7.25. The van der Waals surface area contributed by atoms with Gasteiger partial charge in [0.2, 0.25) is 5.88 Å². The van der Waals surface area contributed by atoms with Gasteiger partial charge in [-0.3, -0.25) is 4.79 Å². The normalized spacial score (nSPS) is 18.1. The molecule has 10 heteroatoms. The number of aryl methyl sites for hydroxylation is 1. The Morgan fingerprint density at radius 3 is 2.86 bits per heavy atom. The van der Waals surface area contributed by atoms with Crippen molar-refractivity contribution >= 4 is 39.0 Å². The molecule has 0 spiro atoms. The van der Waals surface area contributed by atoms with Gasteiger partial charge in [-0.2, -0.15) is 0 Å². The Hall–Kier alpha value is -2.82. The van der Waals surface area contributed by atoms with Gasteiger partial charge in [0, 0.05) is 26.3 Å². The van der Waals surface area contributed by atoms with E-state index in [0.29, 0.717) is 23.1 Å². The number of hydrogen-bond donors (Lipinski definition) is 2. The SMILES string of the molecule is CO[C@H]1CCC[C@@H](Oc2ncccc2Nc2ncnc3sc(C(=O)NCCCN(C)C)c(C)c23)C1. The fourth-order valence-electron chi connectivity index (χ4n) is 4.35. The van der Waals surface area contributed by atoms with Crippen LogP contribution < -0.4 is 15.4 Å². The van der Waals surface area contributed by atoms with E-state index in [9.17, 15) is 4.79 Å². The van der Waals surface area contributed by atoms with Gasteiger partial charge >= 0.3 is 0 Å². The highest BCUT2D eigenvalue weighted by atomic mass is 32.1. The first-order valence-electron chi connectivity index (χ1n) is 12.0. The van der Waals surface area contributed by atoms with E-state index < -0.39 is 0 Å². The smallest absolute Gasteiger partial charge is 0.261 e. The molecule has 3 aromatic heterocycles. The average molecular weight is 499 g/mol. The minimum absolute atomic E-state index is 0.0558. The molecule has 2 atom stereocenters. The molecular weight excluding hydrogens is 464 g/mol.